The predicted molar refractivity (Wildman–Crippen MR) is 62.0 cm³/mol. The summed E-state index contributed by atoms with van der Waals surface area (Å²) in [4.78, 5) is 8.57. The molecule has 17 heavy (non-hydrogen) atoms. The van der Waals surface area contributed by atoms with Crippen LogP contribution >= 0.6 is 0 Å². The minimum atomic E-state index is 0.363. The lowest BCUT2D eigenvalue weighted by atomic mass is 10.2. The van der Waals surface area contributed by atoms with E-state index in [1.54, 1.807) is 18.4 Å². The van der Waals surface area contributed by atoms with Crippen LogP contribution in [0.15, 0.2) is 47.1 Å². The third-order valence-electron chi connectivity index (χ3n) is 2.45. The normalized spacial score (nSPS) is 10.3. The molecule has 1 aromatic carbocycles. The van der Waals surface area contributed by atoms with Crippen molar-refractivity contribution in [2.75, 3.05) is 0 Å². The Morgan fingerprint density at radius 1 is 1.06 bits per heavy atom. The van der Waals surface area contributed by atoms with Crippen molar-refractivity contribution in [3.63, 3.8) is 0 Å². The lowest BCUT2D eigenvalue weighted by Crippen LogP contribution is -1.93. The van der Waals surface area contributed by atoms with Crippen LogP contribution in [0.2, 0.25) is 0 Å². The van der Waals surface area contributed by atoms with Gasteiger partial charge in [0.2, 0.25) is 0 Å². The summed E-state index contributed by atoms with van der Waals surface area (Å²) in [5.74, 6) is 0.998. The van der Waals surface area contributed by atoms with Crippen LogP contribution in [-0.4, -0.2) is 9.97 Å². The maximum atomic E-state index is 9.09. The third kappa shape index (κ3) is 1.54. The molecule has 3 rings (SSSR count). The molecule has 2 heterocycles. The third-order valence-corrected chi connectivity index (χ3v) is 2.45. The molecule has 0 bridgehead atoms. The van der Waals surface area contributed by atoms with E-state index in [0.717, 1.165) is 10.9 Å². The van der Waals surface area contributed by atoms with Crippen LogP contribution in [0.4, 0.5) is 0 Å². The van der Waals surface area contributed by atoms with Gasteiger partial charge in [0, 0.05) is 5.39 Å². The lowest BCUT2D eigenvalue weighted by molar-refractivity contribution is 0.577. The second-order valence-electron chi connectivity index (χ2n) is 3.50. The Morgan fingerprint density at radius 2 is 1.94 bits per heavy atom. The number of furan rings is 1. The summed E-state index contributed by atoms with van der Waals surface area (Å²) in [6.07, 6.45) is 1.56. The van der Waals surface area contributed by atoms with E-state index >= 15 is 0 Å². The maximum absolute atomic E-state index is 9.09. The lowest BCUT2D eigenvalue weighted by Gasteiger charge is -2.01. The second-order valence-corrected chi connectivity index (χ2v) is 3.50. The molecule has 0 saturated heterocycles. The molecule has 0 N–H and O–H groups in total. The molecule has 0 amide bonds. The summed E-state index contributed by atoms with van der Waals surface area (Å²) in [7, 11) is 0. The highest BCUT2D eigenvalue weighted by Crippen LogP contribution is 2.21. The Kier molecular flexibility index (Phi) is 2.09. The van der Waals surface area contributed by atoms with E-state index in [9.17, 15) is 0 Å². The number of aromatic nitrogens is 2. The van der Waals surface area contributed by atoms with E-state index in [1.807, 2.05) is 24.3 Å². The molecule has 3 aromatic rings. The van der Waals surface area contributed by atoms with Crippen LogP contribution in [0.25, 0.3) is 22.5 Å². The van der Waals surface area contributed by atoms with Gasteiger partial charge in [-0.3, -0.25) is 0 Å². The monoisotopic (exact) mass is 221 g/mol. The van der Waals surface area contributed by atoms with E-state index in [4.69, 9.17) is 9.68 Å². The van der Waals surface area contributed by atoms with E-state index in [-0.39, 0.29) is 0 Å². The van der Waals surface area contributed by atoms with Crippen molar-refractivity contribution in [1.29, 1.82) is 5.26 Å². The van der Waals surface area contributed by atoms with Gasteiger partial charge in [0.05, 0.1) is 11.8 Å². The molecule has 4 heteroatoms. The van der Waals surface area contributed by atoms with Crippen LogP contribution in [0.1, 0.15) is 5.69 Å². The summed E-state index contributed by atoms with van der Waals surface area (Å²) in [5, 5.41) is 9.84. The van der Waals surface area contributed by atoms with Gasteiger partial charge in [-0.05, 0) is 24.3 Å². The zero-order valence-electron chi connectivity index (χ0n) is 8.79. The molecular weight excluding hydrogens is 214 g/mol. The number of nitriles is 1. The number of hydrogen-bond acceptors (Lipinski definition) is 4. The fraction of sp³-hybridized carbons (Fsp3) is 0. The molecule has 0 spiro atoms. The Hall–Kier alpha value is -2.67. The fourth-order valence-electron chi connectivity index (χ4n) is 1.68. The van der Waals surface area contributed by atoms with Crippen molar-refractivity contribution in [3.8, 4) is 17.7 Å². The van der Waals surface area contributed by atoms with Gasteiger partial charge in [0.1, 0.15) is 6.07 Å². The largest absolute Gasteiger partial charge is 0.461 e. The first-order valence-electron chi connectivity index (χ1n) is 5.09. The standard InChI is InChI=1S/C13H7N3O/c14-8-11-9-4-1-2-5-10(9)15-13(16-11)12-6-3-7-17-12/h1-7H. The first kappa shape index (κ1) is 9.55. The highest BCUT2D eigenvalue weighted by Gasteiger charge is 2.09. The Morgan fingerprint density at radius 3 is 2.71 bits per heavy atom. The molecule has 0 aliphatic rings. The average molecular weight is 221 g/mol. The summed E-state index contributed by atoms with van der Waals surface area (Å²) >= 11 is 0. The van der Waals surface area contributed by atoms with Crippen LogP contribution in [0.3, 0.4) is 0 Å². The first-order valence-corrected chi connectivity index (χ1v) is 5.09. The van der Waals surface area contributed by atoms with Gasteiger partial charge < -0.3 is 4.42 Å². The number of para-hydroxylation sites is 1. The van der Waals surface area contributed by atoms with Crippen LogP contribution in [-0.2, 0) is 0 Å². The Labute approximate surface area is 97.2 Å². The number of benzene rings is 1. The first-order chi connectivity index (χ1) is 8.38. The zero-order valence-corrected chi connectivity index (χ0v) is 8.79. The van der Waals surface area contributed by atoms with Gasteiger partial charge in [-0.15, -0.1) is 0 Å². The van der Waals surface area contributed by atoms with Crippen molar-refractivity contribution in [3.05, 3.63) is 48.4 Å². The van der Waals surface area contributed by atoms with Crippen LogP contribution < -0.4 is 0 Å². The van der Waals surface area contributed by atoms with Crippen molar-refractivity contribution in [1.82, 2.24) is 9.97 Å². The molecule has 0 aliphatic heterocycles. The smallest absolute Gasteiger partial charge is 0.197 e. The second kappa shape index (κ2) is 3.72. The molecular formula is C13H7N3O. The summed E-state index contributed by atoms with van der Waals surface area (Å²) in [6.45, 7) is 0. The Balaban J connectivity index is 2.33. The molecule has 80 valence electrons. The van der Waals surface area contributed by atoms with Gasteiger partial charge in [-0.2, -0.15) is 5.26 Å². The van der Waals surface area contributed by atoms with E-state index < -0.39 is 0 Å². The molecule has 2 aromatic heterocycles. The van der Waals surface area contributed by atoms with Crippen LogP contribution in [0, 0.1) is 11.3 Å². The van der Waals surface area contributed by atoms with Crippen LogP contribution in [0.5, 0.6) is 0 Å². The van der Waals surface area contributed by atoms with E-state index in [1.165, 1.54) is 0 Å². The van der Waals surface area contributed by atoms with Gasteiger partial charge in [0.25, 0.3) is 0 Å². The minimum Gasteiger partial charge on any atom is -0.461 e. The van der Waals surface area contributed by atoms with E-state index in [0.29, 0.717) is 17.3 Å². The van der Waals surface area contributed by atoms with Crippen molar-refractivity contribution >= 4 is 10.9 Å². The number of rotatable bonds is 1. The van der Waals surface area contributed by atoms with Gasteiger partial charge >= 0.3 is 0 Å². The molecule has 4 nitrogen and oxygen atoms in total. The number of hydrogen-bond donors (Lipinski definition) is 0. The van der Waals surface area contributed by atoms with Crippen molar-refractivity contribution in [2.24, 2.45) is 0 Å². The highest BCUT2D eigenvalue weighted by atomic mass is 16.3. The molecule has 0 fully saturated rings. The maximum Gasteiger partial charge on any atom is 0.197 e. The van der Waals surface area contributed by atoms with E-state index in [2.05, 4.69) is 16.0 Å². The topological polar surface area (TPSA) is 62.7 Å². The molecule has 0 unspecified atom stereocenters. The van der Waals surface area contributed by atoms with Gasteiger partial charge in [0.15, 0.2) is 17.3 Å². The molecule has 0 aliphatic carbocycles. The molecule has 0 saturated carbocycles. The summed E-state index contributed by atoms with van der Waals surface area (Å²) in [5.41, 5.74) is 1.10. The number of fused-ring (bicyclic) bond motifs is 1. The highest BCUT2D eigenvalue weighted by molar-refractivity contribution is 5.84. The average Bonchev–Trinajstić information content (AvgIpc) is 2.91. The SMILES string of the molecule is N#Cc1nc(-c2ccco2)nc2ccccc12. The fourth-order valence-corrected chi connectivity index (χ4v) is 1.68. The summed E-state index contributed by atoms with van der Waals surface area (Å²) in [6, 6.07) is 13.0. The molecule has 0 atom stereocenters. The minimum absolute atomic E-state index is 0.363. The Bertz CT molecular complexity index is 711. The molecule has 0 radical (unpaired) electrons. The van der Waals surface area contributed by atoms with Crippen molar-refractivity contribution in [2.45, 2.75) is 0 Å². The van der Waals surface area contributed by atoms with Gasteiger partial charge in [-0.1, -0.05) is 12.1 Å². The quantitative estimate of drug-likeness (QED) is 0.633. The summed E-state index contributed by atoms with van der Waals surface area (Å²) < 4.78 is 5.23. The van der Waals surface area contributed by atoms with Gasteiger partial charge in [-0.25, -0.2) is 9.97 Å². The number of nitrogens with zero attached hydrogens (tertiary/aromatic N) is 3. The zero-order chi connectivity index (χ0) is 11.7. The predicted octanol–water partition coefficient (Wildman–Crippen LogP) is 2.76. The van der Waals surface area contributed by atoms with Crippen molar-refractivity contribution < 1.29 is 4.42 Å².